The summed E-state index contributed by atoms with van der Waals surface area (Å²) in [5.74, 6) is -1.97. The van der Waals surface area contributed by atoms with E-state index in [1.165, 1.54) is 23.0 Å². The summed E-state index contributed by atoms with van der Waals surface area (Å²) in [6.45, 7) is -1.65. The van der Waals surface area contributed by atoms with E-state index in [1.807, 2.05) is 0 Å². The molecule has 0 fully saturated rings. The number of aliphatic carboxylic acids is 1. The molecule has 0 spiro atoms. The highest BCUT2D eigenvalue weighted by molar-refractivity contribution is 7.91. The van der Waals surface area contributed by atoms with E-state index >= 15 is 0 Å². The highest BCUT2D eigenvalue weighted by atomic mass is 32.2. The number of carboxylic acids is 1. The first-order chi connectivity index (χ1) is 25.5. The molecule has 21 heteroatoms. The van der Waals surface area contributed by atoms with Crippen LogP contribution in [0.15, 0.2) is 59.1 Å². The van der Waals surface area contributed by atoms with Crippen molar-refractivity contribution in [2.45, 2.75) is 66.8 Å². The number of amides is 1. The van der Waals surface area contributed by atoms with Crippen LogP contribution in [0.3, 0.4) is 0 Å². The van der Waals surface area contributed by atoms with Crippen LogP contribution in [0.4, 0.5) is 17.6 Å². The summed E-state index contributed by atoms with van der Waals surface area (Å²) in [4.78, 5) is 30.0. The molecule has 0 bridgehead atoms. The lowest BCUT2D eigenvalue weighted by molar-refractivity contribution is -0.142. The lowest BCUT2D eigenvalue weighted by Gasteiger charge is -2.21. The highest BCUT2D eigenvalue weighted by Crippen LogP contribution is 2.29. The molecule has 2 aromatic heterocycles. The smallest absolute Gasteiger partial charge is 0.416 e. The molecule has 0 aliphatic heterocycles. The van der Waals surface area contributed by atoms with Gasteiger partial charge in [0.15, 0.2) is 0 Å². The molecule has 2 aromatic carbocycles. The summed E-state index contributed by atoms with van der Waals surface area (Å²) < 4.78 is 88.1. The van der Waals surface area contributed by atoms with Gasteiger partial charge in [-0.3, -0.25) is 4.79 Å². The first kappa shape index (κ1) is 40.4. The predicted molar refractivity (Wildman–Crippen MR) is 182 cm³/mol. The number of hydrogen-bond acceptors (Lipinski definition) is 12. The number of nitrogens with one attached hydrogen (secondary N) is 1. The fourth-order valence-electron chi connectivity index (χ4n) is 5.20. The largest absolute Gasteiger partial charge is 0.491 e. The molecule has 2 heterocycles. The number of nitrogens with two attached hydrogens (primary N) is 1. The number of aliphatic hydroxyl groups excluding tert-OH is 2. The second-order valence-corrected chi connectivity index (χ2v) is 14.9. The Morgan fingerprint density at radius 1 is 1.06 bits per heavy atom. The minimum absolute atomic E-state index is 0.0596. The minimum atomic E-state index is -4.59. The number of carbonyl (C=O) groups excluding carboxylic acids is 1. The molecule has 290 valence electrons. The Morgan fingerprint density at radius 2 is 1.72 bits per heavy atom. The summed E-state index contributed by atoms with van der Waals surface area (Å²) in [7, 11) is -3.98. The number of halogens is 4. The normalized spacial score (nSPS) is 16.6. The lowest BCUT2D eigenvalue weighted by Crippen LogP contribution is -2.46. The Bertz CT molecular complexity index is 2160. The average molecular weight is 799 g/mol. The molecule has 0 saturated heterocycles. The van der Waals surface area contributed by atoms with Crippen LogP contribution in [0.1, 0.15) is 34.8 Å². The van der Waals surface area contributed by atoms with Crippen LogP contribution in [0.25, 0.3) is 12.2 Å². The van der Waals surface area contributed by atoms with Gasteiger partial charge in [-0.25, -0.2) is 32.4 Å². The molecule has 15 nitrogen and oxygen atoms in total. The molecule has 1 aliphatic carbocycles. The van der Waals surface area contributed by atoms with Gasteiger partial charge in [0, 0.05) is 12.8 Å². The summed E-state index contributed by atoms with van der Waals surface area (Å²) in [5, 5.41) is 45.3. The summed E-state index contributed by atoms with van der Waals surface area (Å²) in [6.07, 6.45) is -3.36. The zero-order valence-electron chi connectivity index (χ0n) is 28.0. The number of hydrogen-bond donors (Lipinski definition) is 5. The number of benzene rings is 2. The molecule has 1 aliphatic rings. The van der Waals surface area contributed by atoms with Crippen molar-refractivity contribution in [2.24, 2.45) is 5.14 Å². The molecule has 0 radical (unpaired) electrons. The number of sulfonamides is 1. The van der Waals surface area contributed by atoms with Crippen molar-refractivity contribution in [3.05, 3.63) is 87.0 Å². The summed E-state index contributed by atoms with van der Waals surface area (Å²) in [6, 6.07) is 7.32. The topological polar surface area (TPSA) is 229 Å². The molecule has 1 amide bonds. The molecule has 0 saturated carbocycles. The van der Waals surface area contributed by atoms with Gasteiger partial charge < -0.3 is 30.1 Å². The summed E-state index contributed by atoms with van der Waals surface area (Å²) >= 11 is 0.936. The van der Waals surface area contributed by atoms with E-state index in [-0.39, 0.29) is 40.8 Å². The molecule has 54 heavy (non-hydrogen) atoms. The van der Waals surface area contributed by atoms with Crippen molar-refractivity contribution in [1.82, 2.24) is 25.3 Å². The third kappa shape index (κ3) is 10.7. The second-order valence-electron chi connectivity index (χ2n) is 12.2. The number of alkyl halides is 4. The maximum Gasteiger partial charge on any atom is 0.416 e. The van der Waals surface area contributed by atoms with Crippen molar-refractivity contribution < 1.29 is 60.4 Å². The number of carboxylic acid groups (broad SMARTS) is 1. The van der Waals surface area contributed by atoms with Crippen molar-refractivity contribution in [3.8, 4) is 5.75 Å². The maximum absolute atomic E-state index is 13.8. The number of fused-ring (bicyclic) bond motifs is 1. The van der Waals surface area contributed by atoms with E-state index in [4.69, 9.17) is 14.6 Å². The van der Waals surface area contributed by atoms with Gasteiger partial charge in [-0.15, -0.1) is 16.4 Å². The van der Waals surface area contributed by atoms with E-state index in [0.717, 1.165) is 35.6 Å². The number of ether oxygens (including phenoxy) is 2. The van der Waals surface area contributed by atoms with Gasteiger partial charge in [0.25, 0.3) is 10.0 Å². The zero-order chi connectivity index (χ0) is 39.2. The fourth-order valence-corrected chi connectivity index (χ4v) is 6.89. The minimum Gasteiger partial charge on any atom is -0.491 e. The number of thiazole rings is 1. The highest BCUT2D eigenvalue weighted by Gasteiger charge is 2.31. The number of carbonyl (C=O) groups is 2. The number of rotatable bonds is 17. The molecular formula is C33H34F4N6O9S2. The van der Waals surface area contributed by atoms with Gasteiger partial charge in [-0.05, 0) is 47.9 Å². The van der Waals surface area contributed by atoms with Gasteiger partial charge >= 0.3 is 12.1 Å². The Labute approximate surface area is 308 Å². The van der Waals surface area contributed by atoms with Crippen molar-refractivity contribution in [2.75, 3.05) is 13.3 Å². The molecule has 5 atom stereocenters. The third-order valence-electron chi connectivity index (χ3n) is 8.12. The van der Waals surface area contributed by atoms with E-state index in [2.05, 4.69) is 20.6 Å². The van der Waals surface area contributed by atoms with Gasteiger partial charge in [0.1, 0.15) is 49.0 Å². The summed E-state index contributed by atoms with van der Waals surface area (Å²) in [5.41, 5.74) is 0.143. The van der Waals surface area contributed by atoms with E-state index in [1.54, 1.807) is 24.3 Å². The van der Waals surface area contributed by atoms with Crippen molar-refractivity contribution >= 4 is 45.4 Å². The van der Waals surface area contributed by atoms with Crippen molar-refractivity contribution in [1.29, 1.82) is 0 Å². The molecule has 3 unspecified atom stereocenters. The SMILES string of the molecule is NS(=O)(=O)c1nc2c(s1)=CCC(OCc1cn(C(Cc3ccc(OC[C@H](O)[C@@H](O)CF)cc3)C(=O)NC(Cc3ccc(C(F)(F)F)cc3)C(=O)O)nn1)C=2. The van der Waals surface area contributed by atoms with Gasteiger partial charge in [-0.1, -0.05) is 35.6 Å². The maximum atomic E-state index is 13.8. The van der Waals surface area contributed by atoms with E-state index in [9.17, 15) is 50.9 Å². The fraction of sp³-hybridized carbons (Fsp3) is 0.364. The van der Waals surface area contributed by atoms with Crippen LogP contribution in [-0.4, -0.2) is 93.2 Å². The predicted octanol–water partition coefficient (Wildman–Crippen LogP) is 0.617. The van der Waals surface area contributed by atoms with Crippen LogP contribution in [0.5, 0.6) is 5.75 Å². The molecular weight excluding hydrogens is 765 g/mol. The van der Waals surface area contributed by atoms with Crippen LogP contribution >= 0.6 is 11.3 Å². The van der Waals surface area contributed by atoms with Crippen LogP contribution in [0, 0.1) is 0 Å². The molecule has 4 aromatic rings. The third-order valence-corrected chi connectivity index (χ3v) is 10.5. The van der Waals surface area contributed by atoms with E-state index < -0.39 is 77.3 Å². The first-order valence-electron chi connectivity index (χ1n) is 16.1. The lowest BCUT2D eigenvalue weighted by atomic mass is 10.0. The zero-order valence-corrected chi connectivity index (χ0v) is 29.6. The average Bonchev–Trinajstić information content (AvgIpc) is 3.79. The number of aliphatic hydroxyl groups is 2. The number of nitrogens with zero attached hydrogens (tertiary/aromatic N) is 4. The number of aromatic nitrogens is 4. The van der Waals surface area contributed by atoms with E-state index in [0.29, 0.717) is 21.9 Å². The Hall–Kier alpha value is -4.80. The Morgan fingerprint density at radius 3 is 2.35 bits per heavy atom. The molecule has 5 rings (SSSR count). The number of primary sulfonamides is 1. The van der Waals surface area contributed by atoms with Crippen LogP contribution in [0.2, 0.25) is 0 Å². The quantitative estimate of drug-likeness (QED) is 0.0927. The Balaban J connectivity index is 1.32. The van der Waals surface area contributed by atoms with Gasteiger partial charge in [0.2, 0.25) is 10.2 Å². The molecule has 6 N–H and O–H groups in total. The van der Waals surface area contributed by atoms with Gasteiger partial charge in [0.05, 0.1) is 34.4 Å². The Kier molecular flexibility index (Phi) is 12.8. The standard InChI is InChI=1S/C33H34F4N6O9S2/c34-14-27(44)28(45)17-52-22-7-3-19(4-8-22)12-26(30(46)39-25(31(47)48)11-18-1-5-20(6-2-18)33(35,36)37)43-15-21(41-42-43)16-51-23-9-10-29-24(13-23)40-32(53-29)54(38,49)50/h1-8,10,13,15,23,25-28,44-45H,9,11-12,14,16-17H2,(H,39,46)(H,47,48)(H2,38,49,50)/t23?,25?,26?,27-,28-/m0/s1. The van der Waals surface area contributed by atoms with Crippen LogP contribution < -0.4 is 25.1 Å². The van der Waals surface area contributed by atoms with Crippen molar-refractivity contribution in [3.63, 3.8) is 0 Å². The van der Waals surface area contributed by atoms with Gasteiger partial charge in [-0.2, -0.15) is 13.2 Å². The van der Waals surface area contributed by atoms with Crippen LogP contribution in [-0.2, 0) is 50.0 Å². The first-order valence-corrected chi connectivity index (χ1v) is 18.4. The monoisotopic (exact) mass is 798 g/mol. The second kappa shape index (κ2) is 17.1.